The van der Waals surface area contributed by atoms with E-state index in [0.717, 1.165) is 4.68 Å². The smallest absolute Gasteiger partial charge is 0.257 e. The fourth-order valence-electron chi connectivity index (χ4n) is 1.65. The number of furan rings is 1. The summed E-state index contributed by atoms with van der Waals surface area (Å²) in [5, 5.41) is 6.50. The molecule has 0 bridgehead atoms. The van der Waals surface area contributed by atoms with Crippen molar-refractivity contribution in [1.82, 2.24) is 15.1 Å². The van der Waals surface area contributed by atoms with Crippen LogP contribution in [0.15, 0.2) is 29.0 Å². The molecule has 5 nitrogen and oxygen atoms in total. The molecular weight excluding hydrogens is 256 g/mol. The normalized spacial score (nSPS) is 10.9. The number of rotatable bonds is 5. The predicted octanol–water partition coefficient (Wildman–Crippen LogP) is 1.98. The molecule has 0 spiro atoms. The number of aryl methyl sites for hydroxylation is 1. The van der Waals surface area contributed by atoms with Crippen molar-refractivity contribution in [2.75, 3.05) is 0 Å². The van der Waals surface area contributed by atoms with E-state index in [4.69, 9.17) is 4.42 Å². The Morgan fingerprint density at radius 2 is 2.37 bits per heavy atom. The first-order valence-corrected chi connectivity index (χ1v) is 5.69. The summed E-state index contributed by atoms with van der Waals surface area (Å²) < 4.78 is 30.6. The second kappa shape index (κ2) is 5.64. The van der Waals surface area contributed by atoms with E-state index >= 15 is 0 Å². The van der Waals surface area contributed by atoms with Gasteiger partial charge in [0, 0.05) is 6.20 Å². The van der Waals surface area contributed by atoms with Crippen molar-refractivity contribution in [2.24, 2.45) is 0 Å². The molecule has 0 fully saturated rings. The van der Waals surface area contributed by atoms with Crippen LogP contribution in [0.5, 0.6) is 0 Å². The van der Waals surface area contributed by atoms with Crippen LogP contribution in [0, 0.1) is 6.92 Å². The molecule has 2 heterocycles. The quantitative estimate of drug-likeness (QED) is 0.902. The van der Waals surface area contributed by atoms with Gasteiger partial charge in [0.05, 0.1) is 24.1 Å². The molecule has 0 aliphatic carbocycles. The third-order valence-corrected chi connectivity index (χ3v) is 2.52. The van der Waals surface area contributed by atoms with E-state index in [9.17, 15) is 13.6 Å². The minimum absolute atomic E-state index is 0.241. The molecule has 2 aromatic rings. The third-order valence-electron chi connectivity index (χ3n) is 2.52. The Kier molecular flexibility index (Phi) is 3.94. The zero-order chi connectivity index (χ0) is 13.8. The molecule has 0 aliphatic heterocycles. The number of carbonyl (C=O) groups is 1. The van der Waals surface area contributed by atoms with Gasteiger partial charge in [-0.05, 0) is 19.1 Å². The summed E-state index contributed by atoms with van der Waals surface area (Å²) >= 11 is 0. The Labute approximate surface area is 108 Å². The Morgan fingerprint density at radius 1 is 1.58 bits per heavy atom. The first kappa shape index (κ1) is 13.3. The maximum atomic E-state index is 12.2. The second-order valence-corrected chi connectivity index (χ2v) is 4.00. The fraction of sp³-hybridized carbons (Fsp3) is 0.333. The van der Waals surface area contributed by atoms with E-state index in [0.29, 0.717) is 11.5 Å². The molecule has 0 aliphatic rings. The van der Waals surface area contributed by atoms with Crippen molar-refractivity contribution in [1.29, 1.82) is 0 Å². The summed E-state index contributed by atoms with van der Waals surface area (Å²) in [5.41, 5.74) is 0.699. The molecule has 19 heavy (non-hydrogen) atoms. The lowest BCUT2D eigenvalue weighted by Gasteiger charge is -2.01. The van der Waals surface area contributed by atoms with Gasteiger partial charge in [-0.15, -0.1) is 0 Å². The molecule has 2 aromatic heterocycles. The fourth-order valence-corrected chi connectivity index (χ4v) is 1.65. The molecule has 7 heteroatoms. The van der Waals surface area contributed by atoms with Crippen LogP contribution in [0.4, 0.5) is 8.78 Å². The van der Waals surface area contributed by atoms with E-state index in [1.807, 2.05) is 0 Å². The maximum Gasteiger partial charge on any atom is 0.257 e. The largest absolute Gasteiger partial charge is 0.467 e. The highest BCUT2D eigenvalue weighted by Crippen LogP contribution is 2.08. The van der Waals surface area contributed by atoms with Gasteiger partial charge >= 0.3 is 0 Å². The first-order chi connectivity index (χ1) is 9.06. The van der Waals surface area contributed by atoms with Gasteiger partial charge in [0.1, 0.15) is 12.3 Å². The van der Waals surface area contributed by atoms with Gasteiger partial charge in [-0.1, -0.05) is 0 Å². The van der Waals surface area contributed by atoms with Crippen molar-refractivity contribution in [3.63, 3.8) is 0 Å². The van der Waals surface area contributed by atoms with E-state index in [1.54, 1.807) is 19.1 Å². The molecule has 2 rings (SSSR count). The number of nitrogens with zero attached hydrogens (tertiary/aromatic N) is 2. The van der Waals surface area contributed by atoms with Crippen LogP contribution < -0.4 is 5.32 Å². The number of amides is 1. The average Bonchev–Trinajstić information content (AvgIpc) is 2.95. The lowest BCUT2D eigenvalue weighted by molar-refractivity contribution is 0.0946. The van der Waals surface area contributed by atoms with E-state index in [2.05, 4.69) is 10.4 Å². The average molecular weight is 269 g/mol. The lowest BCUT2D eigenvalue weighted by Crippen LogP contribution is -2.22. The van der Waals surface area contributed by atoms with Gasteiger partial charge in [-0.2, -0.15) is 5.10 Å². The lowest BCUT2D eigenvalue weighted by atomic mass is 10.2. The van der Waals surface area contributed by atoms with E-state index in [1.165, 1.54) is 12.5 Å². The summed E-state index contributed by atoms with van der Waals surface area (Å²) in [4.78, 5) is 11.9. The molecule has 102 valence electrons. The molecule has 1 N–H and O–H groups in total. The number of alkyl halides is 2. The Balaban J connectivity index is 2.00. The number of halogens is 2. The van der Waals surface area contributed by atoms with E-state index in [-0.39, 0.29) is 18.0 Å². The molecule has 0 saturated heterocycles. The van der Waals surface area contributed by atoms with Crippen molar-refractivity contribution in [3.8, 4) is 0 Å². The van der Waals surface area contributed by atoms with Gasteiger partial charge in [0.15, 0.2) is 0 Å². The maximum absolute atomic E-state index is 12.2. The molecule has 0 atom stereocenters. The zero-order valence-electron chi connectivity index (χ0n) is 10.3. The highest BCUT2D eigenvalue weighted by molar-refractivity contribution is 5.94. The van der Waals surface area contributed by atoms with Crippen LogP contribution >= 0.6 is 0 Å². The standard InChI is InChI=1S/C12H13F2N3O2/c1-8-10(6-17(16-8)7-11(13)14)12(18)15-5-9-3-2-4-19-9/h2-4,6,11H,5,7H2,1H3,(H,15,18). The van der Waals surface area contributed by atoms with Crippen LogP contribution in [-0.2, 0) is 13.1 Å². The summed E-state index contributed by atoms with van der Waals surface area (Å²) in [6.45, 7) is 1.32. The van der Waals surface area contributed by atoms with E-state index < -0.39 is 13.0 Å². The van der Waals surface area contributed by atoms with Gasteiger partial charge in [-0.3, -0.25) is 9.48 Å². The van der Waals surface area contributed by atoms with Gasteiger partial charge in [-0.25, -0.2) is 8.78 Å². The van der Waals surface area contributed by atoms with Gasteiger partial charge < -0.3 is 9.73 Å². The molecule has 0 unspecified atom stereocenters. The highest BCUT2D eigenvalue weighted by atomic mass is 19.3. The number of hydrogen-bond acceptors (Lipinski definition) is 3. The molecule has 1 amide bonds. The van der Waals surface area contributed by atoms with Crippen molar-refractivity contribution < 1.29 is 18.0 Å². The topological polar surface area (TPSA) is 60.1 Å². The Hall–Kier alpha value is -2.18. The minimum Gasteiger partial charge on any atom is -0.467 e. The van der Waals surface area contributed by atoms with Gasteiger partial charge in [0.2, 0.25) is 0 Å². The minimum atomic E-state index is -2.50. The predicted molar refractivity (Wildman–Crippen MR) is 62.8 cm³/mol. The molecular formula is C12H13F2N3O2. The SMILES string of the molecule is Cc1nn(CC(F)F)cc1C(=O)NCc1ccco1. The van der Waals surface area contributed by atoms with Crippen molar-refractivity contribution >= 4 is 5.91 Å². The number of aromatic nitrogens is 2. The van der Waals surface area contributed by atoms with Crippen LogP contribution in [0.3, 0.4) is 0 Å². The van der Waals surface area contributed by atoms with Crippen LogP contribution in [0.2, 0.25) is 0 Å². The van der Waals surface area contributed by atoms with Crippen molar-refractivity contribution in [3.05, 3.63) is 41.6 Å². The number of nitrogens with one attached hydrogen (secondary N) is 1. The van der Waals surface area contributed by atoms with Crippen LogP contribution in [0.1, 0.15) is 21.8 Å². The summed E-state index contributed by atoms with van der Waals surface area (Å²) in [6, 6.07) is 3.45. The monoisotopic (exact) mass is 269 g/mol. The highest BCUT2D eigenvalue weighted by Gasteiger charge is 2.15. The van der Waals surface area contributed by atoms with Crippen molar-refractivity contribution in [2.45, 2.75) is 26.4 Å². The number of carbonyl (C=O) groups excluding carboxylic acids is 1. The summed E-state index contributed by atoms with van der Waals surface area (Å²) in [7, 11) is 0. The first-order valence-electron chi connectivity index (χ1n) is 5.69. The Morgan fingerprint density at radius 3 is 3.00 bits per heavy atom. The summed E-state index contributed by atoms with van der Waals surface area (Å²) in [5.74, 6) is 0.250. The molecule has 0 aromatic carbocycles. The molecule has 0 saturated carbocycles. The number of hydrogen-bond donors (Lipinski definition) is 1. The van der Waals surface area contributed by atoms with Crippen LogP contribution in [0.25, 0.3) is 0 Å². The summed E-state index contributed by atoms with van der Waals surface area (Å²) in [6.07, 6.45) is 0.324. The zero-order valence-corrected chi connectivity index (χ0v) is 10.3. The molecule has 0 radical (unpaired) electrons. The second-order valence-electron chi connectivity index (χ2n) is 4.00. The van der Waals surface area contributed by atoms with Gasteiger partial charge in [0.25, 0.3) is 12.3 Å². The Bertz CT molecular complexity index is 549. The third kappa shape index (κ3) is 3.40. The van der Waals surface area contributed by atoms with Crippen LogP contribution in [-0.4, -0.2) is 22.1 Å².